The van der Waals surface area contributed by atoms with Crippen LogP contribution >= 0.6 is 0 Å². The van der Waals surface area contributed by atoms with Crippen molar-refractivity contribution in [2.24, 2.45) is 5.73 Å². The molecule has 1 heterocycles. The Hall–Kier alpha value is -0.610. The highest BCUT2D eigenvalue weighted by Crippen LogP contribution is 2.14. The van der Waals surface area contributed by atoms with E-state index in [1.54, 1.807) is 0 Å². The third-order valence-corrected chi connectivity index (χ3v) is 1.90. The highest BCUT2D eigenvalue weighted by molar-refractivity contribution is 5.73. The van der Waals surface area contributed by atoms with Crippen molar-refractivity contribution in [3.05, 3.63) is 0 Å². The maximum atomic E-state index is 10.4. The largest absolute Gasteiger partial charge is 0.480 e. The Morgan fingerprint density at radius 1 is 1.64 bits per heavy atom. The summed E-state index contributed by atoms with van der Waals surface area (Å²) < 4.78 is 5.20. The number of carboxylic acid groups (broad SMARTS) is 1. The van der Waals surface area contributed by atoms with Gasteiger partial charge in [0.2, 0.25) is 0 Å². The molecule has 1 aliphatic heterocycles. The third kappa shape index (κ3) is 2.17. The molecule has 0 saturated carbocycles. The lowest BCUT2D eigenvalue weighted by Crippen LogP contribution is -2.44. The predicted octanol–water partition coefficient (Wildman–Crippen LogP) is -0.0326. The van der Waals surface area contributed by atoms with Gasteiger partial charge in [-0.3, -0.25) is 4.79 Å². The number of rotatable bonds is 2. The van der Waals surface area contributed by atoms with Crippen LogP contribution in [0.2, 0.25) is 0 Å². The van der Waals surface area contributed by atoms with E-state index in [0.717, 1.165) is 19.3 Å². The summed E-state index contributed by atoms with van der Waals surface area (Å²) in [7, 11) is 0. The van der Waals surface area contributed by atoms with Crippen LogP contribution in [-0.2, 0) is 9.53 Å². The molecule has 0 amide bonds. The van der Waals surface area contributed by atoms with E-state index in [4.69, 9.17) is 15.6 Å². The van der Waals surface area contributed by atoms with Crippen LogP contribution in [0.25, 0.3) is 0 Å². The highest BCUT2D eigenvalue weighted by atomic mass is 16.5. The van der Waals surface area contributed by atoms with Gasteiger partial charge in [-0.25, -0.2) is 0 Å². The van der Waals surface area contributed by atoms with Crippen molar-refractivity contribution in [1.29, 1.82) is 0 Å². The molecule has 0 aliphatic carbocycles. The normalized spacial score (nSPS) is 27.9. The molecular weight excluding hydrogens is 146 g/mol. The standard InChI is InChI=1S/C7H13NO3/c8-6(7(9)10)5-3-1-2-4-11-5/h5-6H,1-4,8H2,(H,9,10)/t5-,6+/m0/s1. The SMILES string of the molecule is N[C@@H](C(=O)O)[C@@H]1CCCCO1. The lowest BCUT2D eigenvalue weighted by molar-refractivity contribution is -0.143. The first-order valence-electron chi connectivity index (χ1n) is 3.82. The van der Waals surface area contributed by atoms with Gasteiger partial charge >= 0.3 is 5.97 Å². The zero-order valence-electron chi connectivity index (χ0n) is 6.32. The summed E-state index contributed by atoms with van der Waals surface area (Å²) in [5.41, 5.74) is 5.37. The smallest absolute Gasteiger partial charge is 0.323 e. The molecule has 0 unspecified atom stereocenters. The molecule has 4 nitrogen and oxygen atoms in total. The topological polar surface area (TPSA) is 72.6 Å². The summed E-state index contributed by atoms with van der Waals surface area (Å²) >= 11 is 0. The molecule has 0 aromatic heterocycles. The van der Waals surface area contributed by atoms with Crippen LogP contribution in [0.4, 0.5) is 0 Å². The summed E-state index contributed by atoms with van der Waals surface area (Å²) in [6, 6.07) is -0.852. The number of nitrogens with two attached hydrogens (primary N) is 1. The van der Waals surface area contributed by atoms with E-state index >= 15 is 0 Å². The van der Waals surface area contributed by atoms with Gasteiger partial charge in [-0.2, -0.15) is 0 Å². The van der Waals surface area contributed by atoms with Crippen molar-refractivity contribution in [1.82, 2.24) is 0 Å². The first kappa shape index (κ1) is 8.49. The van der Waals surface area contributed by atoms with Gasteiger partial charge in [-0.15, -0.1) is 0 Å². The summed E-state index contributed by atoms with van der Waals surface area (Å²) in [5, 5.41) is 8.53. The second kappa shape index (κ2) is 3.69. The predicted molar refractivity (Wildman–Crippen MR) is 39.2 cm³/mol. The minimum atomic E-state index is -0.975. The molecular formula is C7H13NO3. The first-order chi connectivity index (χ1) is 5.22. The van der Waals surface area contributed by atoms with E-state index in [1.807, 2.05) is 0 Å². The molecule has 0 aromatic carbocycles. The molecule has 0 spiro atoms. The number of hydrogen-bond donors (Lipinski definition) is 2. The van der Waals surface area contributed by atoms with Gasteiger partial charge in [-0.05, 0) is 19.3 Å². The molecule has 0 radical (unpaired) electrons. The zero-order valence-corrected chi connectivity index (χ0v) is 6.32. The van der Waals surface area contributed by atoms with E-state index in [-0.39, 0.29) is 6.10 Å². The van der Waals surface area contributed by atoms with E-state index in [0.29, 0.717) is 6.61 Å². The van der Waals surface area contributed by atoms with Crippen molar-refractivity contribution >= 4 is 5.97 Å². The van der Waals surface area contributed by atoms with Gasteiger partial charge in [0.25, 0.3) is 0 Å². The molecule has 1 rings (SSSR count). The molecule has 1 saturated heterocycles. The lowest BCUT2D eigenvalue weighted by Gasteiger charge is -2.25. The van der Waals surface area contributed by atoms with Crippen LogP contribution in [0.15, 0.2) is 0 Å². The molecule has 0 aromatic rings. The molecule has 4 heteroatoms. The van der Waals surface area contributed by atoms with Gasteiger partial charge in [0.15, 0.2) is 0 Å². The fourth-order valence-electron chi connectivity index (χ4n) is 1.21. The molecule has 11 heavy (non-hydrogen) atoms. The second-order valence-corrected chi connectivity index (χ2v) is 2.77. The van der Waals surface area contributed by atoms with Crippen LogP contribution in [-0.4, -0.2) is 29.8 Å². The maximum absolute atomic E-state index is 10.4. The van der Waals surface area contributed by atoms with Crippen LogP contribution in [0.5, 0.6) is 0 Å². The average molecular weight is 159 g/mol. The number of ether oxygens (including phenoxy) is 1. The van der Waals surface area contributed by atoms with E-state index in [9.17, 15) is 4.79 Å². The van der Waals surface area contributed by atoms with E-state index < -0.39 is 12.0 Å². The molecule has 1 fully saturated rings. The van der Waals surface area contributed by atoms with Crippen LogP contribution in [0.3, 0.4) is 0 Å². The fraction of sp³-hybridized carbons (Fsp3) is 0.857. The zero-order chi connectivity index (χ0) is 8.27. The fourth-order valence-corrected chi connectivity index (χ4v) is 1.21. The number of aliphatic carboxylic acids is 1. The molecule has 0 bridgehead atoms. The molecule has 2 atom stereocenters. The highest BCUT2D eigenvalue weighted by Gasteiger charge is 2.26. The Bertz CT molecular complexity index is 143. The maximum Gasteiger partial charge on any atom is 0.323 e. The minimum Gasteiger partial charge on any atom is -0.480 e. The van der Waals surface area contributed by atoms with Gasteiger partial charge in [0.1, 0.15) is 6.04 Å². The van der Waals surface area contributed by atoms with Gasteiger partial charge in [0, 0.05) is 6.61 Å². The lowest BCUT2D eigenvalue weighted by atomic mass is 10.0. The Balaban J connectivity index is 2.38. The second-order valence-electron chi connectivity index (χ2n) is 2.77. The Kier molecular flexibility index (Phi) is 2.84. The third-order valence-electron chi connectivity index (χ3n) is 1.90. The first-order valence-corrected chi connectivity index (χ1v) is 3.82. The molecule has 3 N–H and O–H groups in total. The number of carboxylic acids is 1. The van der Waals surface area contributed by atoms with Gasteiger partial charge in [-0.1, -0.05) is 0 Å². The Morgan fingerprint density at radius 2 is 2.36 bits per heavy atom. The van der Waals surface area contributed by atoms with E-state index in [2.05, 4.69) is 0 Å². The summed E-state index contributed by atoms with van der Waals surface area (Å²) in [6.45, 7) is 0.644. The monoisotopic (exact) mass is 159 g/mol. The minimum absolute atomic E-state index is 0.277. The summed E-state index contributed by atoms with van der Waals surface area (Å²) in [5.74, 6) is -0.975. The quantitative estimate of drug-likeness (QED) is 0.593. The van der Waals surface area contributed by atoms with Crippen LogP contribution in [0, 0.1) is 0 Å². The van der Waals surface area contributed by atoms with Crippen molar-refractivity contribution in [2.75, 3.05) is 6.61 Å². The number of carbonyl (C=O) groups is 1. The molecule has 64 valence electrons. The Labute approximate surface area is 65.3 Å². The van der Waals surface area contributed by atoms with Crippen molar-refractivity contribution < 1.29 is 14.6 Å². The van der Waals surface area contributed by atoms with Gasteiger partial charge < -0.3 is 15.6 Å². The molecule has 1 aliphatic rings. The average Bonchev–Trinajstić information content (AvgIpc) is 2.05. The van der Waals surface area contributed by atoms with Crippen molar-refractivity contribution in [3.63, 3.8) is 0 Å². The number of hydrogen-bond acceptors (Lipinski definition) is 3. The van der Waals surface area contributed by atoms with Crippen molar-refractivity contribution in [2.45, 2.75) is 31.4 Å². The van der Waals surface area contributed by atoms with Crippen molar-refractivity contribution in [3.8, 4) is 0 Å². The van der Waals surface area contributed by atoms with Crippen LogP contribution in [0.1, 0.15) is 19.3 Å². The summed E-state index contributed by atoms with van der Waals surface area (Å²) in [4.78, 5) is 10.4. The Morgan fingerprint density at radius 3 is 2.82 bits per heavy atom. The summed E-state index contributed by atoms with van der Waals surface area (Å²) in [6.07, 6.45) is 2.53. The van der Waals surface area contributed by atoms with E-state index in [1.165, 1.54) is 0 Å². The van der Waals surface area contributed by atoms with Crippen LogP contribution < -0.4 is 5.73 Å². The van der Waals surface area contributed by atoms with Gasteiger partial charge in [0.05, 0.1) is 6.10 Å².